The molecule has 0 heterocycles. The van der Waals surface area contributed by atoms with Crippen LogP contribution in [0.15, 0.2) is 18.2 Å². The lowest BCUT2D eigenvalue weighted by atomic mass is 10.0. The molecule has 2 unspecified atom stereocenters. The monoisotopic (exact) mass is 283 g/mol. The minimum absolute atomic E-state index is 0.0759. The topological polar surface area (TPSA) is 49.3 Å². The Morgan fingerprint density at radius 3 is 2.81 bits per heavy atom. The van der Waals surface area contributed by atoms with Crippen LogP contribution in [0, 0.1) is 36.5 Å². The molecule has 0 saturated heterocycles. The third kappa shape index (κ3) is 3.28. The molecule has 2 aliphatic rings. The zero-order chi connectivity index (χ0) is 14.8. The Balaban J connectivity index is 1.67. The fraction of sp³-hybridized carbons (Fsp3) is 0.500. The van der Waals surface area contributed by atoms with E-state index >= 15 is 0 Å². The second-order valence-corrected chi connectivity index (χ2v) is 6.22. The van der Waals surface area contributed by atoms with Crippen molar-refractivity contribution < 1.29 is 9.90 Å². The Bertz CT molecular complexity index is 601. The largest absolute Gasteiger partial charge is 0.395 e. The Hall–Kier alpha value is -1.79. The molecule has 21 heavy (non-hydrogen) atoms. The summed E-state index contributed by atoms with van der Waals surface area (Å²) in [4.78, 5) is 12.3. The molecular weight excluding hydrogens is 262 g/mol. The Kier molecular flexibility index (Phi) is 3.98. The number of carbonyl (C=O) groups excluding carboxylic acids is 1. The van der Waals surface area contributed by atoms with E-state index in [0.29, 0.717) is 6.42 Å². The van der Waals surface area contributed by atoms with Crippen LogP contribution in [0.25, 0.3) is 0 Å². The van der Waals surface area contributed by atoms with E-state index in [1.165, 1.54) is 6.42 Å². The molecule has 2 fully saturated rings. The third-order valence-electron chi connectivity index (χ3n) is 4.58. The number of fused-ring (bicyclic) bond motifs is 1. The van der Waals surface area contributed by atoms with Crippen LogP contribution >= 0.6 is 0 Å². The summed E-state index contributed by atoms with van der Waals surface area (Å²) in [7, 11) is 0. The zero-order valence-corrected chi connectivity index (χ0v) is 12.4. The van der Waals surface area contributed by atoms with E-state index in [-0.39, 0.29) is 18.4 Å². The molecule has 3 heteroatoms. The van der Waals surface area contributed by atoms with Gasteiger partial charge in [-0.3, -0.25) is 4.79 Å². The summed E-state index contributed by atoms with van der Waals surface area (Å²) in [5, 5.41) is 11.8. The molecule has 2 aliphatic carbocycles. The first-order valence-corrected chi connectivity index (χ1v) is 7.68. The van der Waals surface area contributed by atoms with Crippen molar-refractivity contribution >= 4 is 11.6 Å². The van der Waals surface area contributed by atoms with Crippen molar-refractivity contribution in [2.75, 3.05) is 11.9 Å². The minimum atomic E-state index is 0.0759. The van der Waals surface area contributed by atoms with E-state index in [1.54, 1.807) is 0 Å². The quantitative estimate of drug-likeness (QED) is 0.838. The number of aryl methyl sites for hydroxylation is 1. The van der Waals surface area contributed by atoms with Crippen LogP contribution < -0.4 is 5.32 Å². The van der Waals surface area contributed by atoms with Crippen LogP contribution in [0.3, 0.4) is 0 Å². The first kappa shape index (κ1) is 14.2. The highest BCUT2D eigenvalue weighted by atomic mass is 16.2. The van der Waals surface area contributed by atoms with E-state index in [9.17, 15) is 4.79 Å². The van der Waals surface area contributed by atoms with E-state index in [1.807, 2.05) is 25.1 Å². The van der Waals surface area contributed by atoms with Crippen molar-refractivity contribution in [3.05, 3.63) is 29.3 Å². The first-order valence-electron chi connectivity index (χ1n) is 7.68. The maximum absolute atomic E-state index is 12.3. The van der Waals surface area contributed by atoms with Crippen molar-refractivity contribution in [3.8, 4) is 11.8 Å². The second-order valence-electron chi connectivity index (χ2n) is 6.22. The number of amides is 1. The molecule has 0 bridgehead atoms. The number of rotatable bonds is 3. The van der Waals surface area contributed by atoms with Crippen LogP contribution in [0.4, 0.5) is 5.69 Å². The normalized spacial score (nSPS) is 25.7. The van der Waals surface area contributed by atoms with Gasteiger partial charge in [-0.05, 0) is 55.7 Å². The summed E-state index contributed by atoms with van der Waals surface area (Å²) in [6.45, 7) is 2.07. The smallest absolute Gasteiger partial charge is 0.227 e. The van der Waals surface area contributed by atoms with Gasteiger partial charge in [0.25, 0.3) is 0 Å². The molecule has 1 amide bonds. The number of benzene rings is 1. The van der Waals surface area contributed by atoms with Crippen LogP contribution in [-0.2, 0) is 4.79 Å². The van der Waals surface area contributed by atoms with Crippen LogP contribution in [0.2, 0.25) is 0 Å². The van der Waals surface area contributed by atoms with Gasteiger partial charge in [0, 0.05) is 23.6 Å². The molecule has 110 valence electrons. The molecular formula is C18H21NO2. The average molecular weight is 283 g/mol. The summed E-state index contributed by atoms with van der Waals surface area (Å²) < 4.78 is 0. The molecule has 0 aromatic heterocycles. The molecule has 0 aliphatic heterocycles. The van der Waals surface area contributed by atoms with Crippen molar-refractivity contribution in [1.82, 2.24) is 0 Å². The fourth-order valence-corrected chi connectivity index (χ4v) is 3.22. The predicted octanol–water partition coefficient (Wildman–Crippen LogP) is 2.71. The number of aliphatic hydroxyl groups is 1. The van der Waals surface area contributed by atoms with Crippen molar-refractivity contribution in [2.24, 2.45) is 17.8 Å². The van der Waals surface area contributed by atoms with E-state index in [2.05, 4.69) is 17.2 Å². The molecule has 2 N–H and O–H groups in total. The Labute approximate surface area is 125 Å². The van der Waals surface area contributed by atoms with Crippen LogP contribution in [0.1, 0.15) is 36.8 Å². The summed E-state index contributed by atoms with van der Waals surface area (Å²) in [5.41, 5.74) is 2.79. The molecule has 2 saturated carbocycles. The van der Waals surface area contributed by atoms with Gasteiger partial charge in [-0.2, -0.15) is 0 Å². The second kappa shape index (κ2) is 5.91. The van der Waals surface area contributed by atoms with Gasteiger partial charge in [0.05, 0.1) is 6.61 Å². The first-order chi connectivity index (χ1) is 10.2. The molecule has 0 radical (unpaired) electrons. The summed E-state index contributed by atoms with van der Waals surface area (Å²) in [5.74, 6) is 7.90. The van der Waals surface area contributed by atoms with Gasteiger partial charge in [-0.15, -0.1) is 0 Å². The number of carbonyl (C=O) groups is 1. The van der Waals surface area contributed by atoms with Gasteiger partial charge >= 0.3 is 0 Å². The number of hydrogen-bond donors (Lipinski definition) is 2. The molecule has 1 aromatic carbocycles. The Morgan fingerprint density at radius 1 is 1.33 bits per heavy atom. The lowest BCUT2D eigenvalue weighted by Gasteiger charge is -2.14. The zero-order valence-electron chi connectivity index (χ0n) is 12.4. The number of nitrogens with one attached hydrogen (secondary N) is 1. The van der Waals surface area contributed by atoms with Crippen LogP contribution in [-0.4, -0.2) is 17.6 Å². The van der Waals surface area contributed by atoms with E-state index in [4.69, 9.17) is 5.11 Å². The average Bonchev–Trinajstić information content (AvgIpc) is 3.08. The standard InChI is InChI=1S/C18H21NO2/c1-12-5-6-13(4-2-3-7-20)8-17(12)19-18(21)16-10-14-9-15(14)11-16/h5-6,8,14-16,20H,3,7,9-11H2,1H3,(H,19,21). The summed E-state index contributed by atoms with van der Waals surface area (Å²) in [6, 6.07) is 5.85. The summed E-state index contributed by atoms with van der Waals surface area (Å²) in [6.07, 6.45) is 3.93. The molecule has 3 rings (SSSR count). The lowest BCUT2D eigenvalue weighted by Crippen LogP contribution is -2.22. The van der Waals surface area contributed by atoms with Gasteiger partial charge < -0.3 is 10.4 Å². The Morgan fingerprint density at radius 2 is 2.10 bits per heavy atom. The van der Waals surface area contributed by atoms with E-state index < -0.39 is 0 Å². The number of hydrogen-bond acceptors (Lipinski definition) is 2. The highest BCUT2D eigenvalue weighted by Crippen LogP contribution is 2.54. The van der Waals surface area contributed by atoms with Crippen molar-refractivity contribution in [2.45, 2.75) is 32.6 Å². The lowest BCUT2D eigenvalue weighted by molar-refractivity contribution is -0.120. The summed E-state index contributed by atoms with van der Waals surface area (Å²) >= 11 is 0. The van der Waals surface area contributed by atoms with Crippen LogP contribution in [0.5, 0.6) is 0 Å². The van der Waals surface area contributed by atoms with Gasteiger partial charge in [0.2, 0.25) is 5.91 Å². The van der Waals surface area contributed by atoms with Gasteiger partial charge in [-0.25, -0.2) is 0 Å². The number of aliphatic hydroxyl groups excluding tert-OH is 1. The molecule has 3 nitrogen and oxygen atoms in total. The fourth-order valence-electron chi connectivity index (χ4n) is 3.22. The van der Waals surface area contributed by atoms with Gasteiger partial charge in [-0.1, -0.05) is 17.9 Å². The van der Waals surface area contributed by atoms with Gasteiger partial charge in [0.15, 0.2) is 0 Å². The predicted molar refractivity (Wildman–Crippen MR) is 82.7 cm³/mol. The molecule has 2 atom stereocenters. The van der Waals surface area contributed by atoms with E-state index in [0.717, 1.165) is 41.5 Å². The van der Waals surface area contributed by atoms with Crippen molar-refractivity contribution in [3.63, 3.8) is 0 Å². The SMILES string of the molecule is Cc1ccc(C#CCCO)cc1NC(=O)C1CC2CC2C1. The van der Waals surface area contributed by atoms with Gasteiger partial charge in [0.1, 0.15) is 0 Å². The minimum Gasteiger partial charge on any atom is -0.395 e. The molecule has 1 aromatic rings. The van der Waals surface area contributed by atoms with Crippen molar-refractivity contribution in [1.29, 1.82) is 0 Å². The number of anilines is 1. The molecule has 0 spiro atoms. The highest BCUT2D eigenvalue weighted by Gasteiger charge is 2.47. The maximum Gasteiger partial charge on any atom is 0.227 e. The maximum atomic E-state index is 12.3. The highest BCUT2D eigenvalue weighted by molar-refractivity contribution is 5.93. The third-order valence-corrected chi connectivity index (χ3v) is 4.58.